The molecule has 202 valence electrons. The monoisotopic (exact) mass is 548 g/mol. The molecule has 3 N–H and O–H groups in total. The molecule has 3 atom stereocenters. The topological polar surface area (TPSA) is 125 Å². The van der Waals surface area contributed by atoms with Gasteiger partial charge in [-0.1, -0.05) is 43.7 Å². The number of hydrogen-bond donors (Lipinski definition) is 3. The van der Waals surface area contributed by atoms with Crippen molar-refractivity contribution in [2.45, 2.75) is 61.7 Å². The number of amides is 3. The predicted molar refractivity (Wildman–Crippen MR) is 146 cm³/mol. The molecule has 0 aliphatic carbocycles. The number of hydrogen-bond acceptors (Lipinski definition) is 8. The molecule has 0 aromatic heterocycles. The van der Waals surface area contributed by atoms with Crippen LogP contribution >= 0.6 is 23.5 Å². The van der Waals surface area contributed by atoms with E-state index in [0.717, 1.165) is 18.1 Å². The van der Waals surface area contributed by atoms with Gasteiger partial charge in [0.1, 0.15) is 6.04 Å². The molecule has 37 heavy (non-hydrogen) atoms. The number of Topliss-reactive ketones (excluding diaryl/α,β-unsaturated/α-hetero) is 2. The Labute approximate surface area is 226 Å². The van der Waals surface area contributed by atoms with Crippen LogP contribution in [0.4, 0.5) is 0 Å². The Kier molecular flexibility index (Phi) is 10.6. The van der Waals surface area contributed by atoms with Crippen LogP contribution in [0.1, 0.15) is 51.1 Å². The van der Waals surface area contributed by atoms with E-state index in [0.29, 0.717) is 24.8 Å². The fraction of sp³-hybridized carbons (Fsp3) is 0.577. The second-order valence-electron chi connectivity index (χ2n) is 9.51. The van der Waals surface area contributed by atoms with E-state index in [-0.39, 0.29) is 21.8 Å². The number of carbonyl (C=O) groups is 5. The van der Waals surface area contributed by atoms with Gasteiger partial charge in [-0.05, 0) is 50.3 Å². The maximum Gasteiger partial charge on any atom is 0.290 e. The predicted octanol–water partition coefficient (Wildman–Crippen LogP) is 1.67. The van der Waals surface area contributed by atoms with Crippen LogP contribution in [0.5, 0.6) is 0 Å². The van der Waals surface area contributed by atoms with E-state index in [4.69, 9.17) is 0 Å². The maximum absolute atomic E-state index is 13.1. The average Bonchev–Trinajstić information content (AvgIpc) is 3.20. The van der Waals surface area contributed by atoms with Gasteiger partial charge in [-0.2, -0.15) is 0 Å². The van der Waals surface area contributed by atoms with E-state index < -0.39 is 36.2 Å². The molecule has 3 amide bonds. The Morgan fingerprint density at radius 2 is 1.76 bits per heavy atom. The molecule has 2 heterocycles. The number of likely N-dealkylation sites (tertiary alicyclic amines) is 1. The summed E-state index contributed by atoms with van der Waals surface area (Å²) in [4.78, 5) is 65.1. The number of likely N-dealkylation sites (N-methyl/N-ethyl adjacent to an activating group) is 1. The van der Waals surface area contributed by atoms with Crippen molar-refractivity contribution in [3.8, 4) is 0 Å². The lowest BCUT2D eigenvalue weighted by Gasteiger charge is -2.31. The van der Waals surface area contributed by atoms with Gasteiger partial charge in [-0.15, -0.1) is 23.5 Å². The zero-order valence-electron chi connectivity index (χ0n) is 21.6. The van der Waals surface area contributed by atoms with E-state index in [1.807, 2.05) is 42.4 Å². The highest BCUT2D eigenvalue weighted by molar-refractivity contribution is 8.18. The molecule has 11 heteroatoms. The highest BCUT2D eigenvalue weighted by Crippen LogP contribution is 2.49. The molecule has 2 aliphatic rings. The van der Waals surface area contributed by atoms with Crippen molar-refractivity contribution >= 4 is 52.8 Å². The SMILES string of the molecule is CCCC(NC(=O)C1CC2(CN1C)SCCCS2)C(=O)C(=O)NCC(=O)N[C@H](C(C)=O)c1ccccc1. The van der Waals surface area contributed by atoms with Crippen molar-refractivity contribution in [1.29, 1.82) is 0 Å². The minimum absolute atomic E-state index is 0.00147. The first-order chi connectivity index (χ1) is 17.7. The number of nitrogens with one attached hydrogen (secondary N) is 3. The van der Waals surface area contributed by atoms with Gasteiger partial charge in [0, 0.05) is 6.54 Å². The molecule has 9 nitrogen and oxygen atoms in total. The Morgan fingerprint density at radius 1 is 1.08 bits per heavy atom. The fourth-order valence-corrected chi connectivity index (χ4v) is 8.11. The summed E-state index contributed by atoms with van der Waals surface area (Å²) < 4.78 is 0.00147. The molecule has 2 fully saturated rings. The molecule has 0 radical (unpaired) electrons. The summed E-state index contributed by atoms with van der Waals surface area (Å²) in [5.74, 6) is -0.668. The number of carbonyl (C=O) groups excluding carboxylic acids is 5. The van der Waals surface area contributed by atoms with Crippen molar-refractivity contribution in [1.82, 2.24) is 20.9 Å². The van der Waals surface area contributed by atoms with E-state index in [1.54, 1.807) is 30.3 Å². The number of benzene rings is 1. The van der Waals surface area contributed by atoms with Crippen LogP contribution in [0.15, 0.2) is 30.3 Å². The molecule has 1 aromatic carbocycles. The van der Waals surface area contributed by atoms with Crippen molar-refractivity contribution in [3.63, 3.8) is 0 Å². The van der Waals surface area contributed by atoms with E-state index in [1.165, 1.54) is 13.3 Å². The van der Waals surface area contributed by atoms with E-state index >= 15 is 0 Å². The quantitative estimate of drug-likeness (QED) is 0.357. The lowest BCUT2D eigenvalue weighted by atomic mass is 10.0. The Hall–Kier alpha value is -2.37. The molecule has 2 saturated heterocycles. The molecule has 1 spiro atoms. The first kappa shape index (κ1) is 29.2. The third kappa shape index (κ3) is 7.81. The van der Waals surface area contributed by atoms with Crippen LogP contribution in [-0.2, 0) is 24.0 Å². The van der Waals surface area contributed by atoms with Crippen molar-refractivity contribution in [2.75, 3.05) is 31.6 Å². The van der Waals surface area contributed by atoms with Crippen LogP contribution in [0.2, 0.25) is 0 Å². The fourth-order valence-electron chi connectivity index (χ4n) is 4.63. The lowest BCUT2D eigenvalue weighted by molar-refractivity contribution is -0.141. The Morgan fingerprint density at radius 3 is 2.38 bits per heavy atom. The standard InChI is InChI=1S/C26H36N4O5S2/c1-4-9-19(28-24(34)20-14-26(16-30(20)3)36-12-8-13-37-26)23(33)25(35)27-15-21(32)29-22(17(2)31)18-10-6-5-7-11-18/h5-7,10-11,19-20,22H,4,8-9,12-16H2,1-3H3,(H,27,35)(H,28,34)(H,29,32)/t19?,20?,22-/m1/s1. The van der Waals surface area contributed by atoms with E-state index in [2.05, 4.69) is 16.0 Å². The summed E-state index contributed by atoms with van der Waals surface area (Å²) in [5.41, 5.74) is 0.625. The normalized spacial score (nSPS) is 20.6. The zero-order valence-corrected chi connectivity index (χ0v) is 23.2. The van der Waals surface area contributed by atoms with Crippen LogP contribution in [0.25, 0.3) is 0 Å². The van der Waals surface area contributed by atoms with Crippen LogP contribution in [-0.4, -0.2) is 82.0 Å². The number of nitrogens with zero attached hydrogens (tertiary/aromatic N) is 1. The maximum atomic E-state index is 13.1. The summed E-state index contributed by atoms with van der Waals surface area (Å²) in [6.07, 6.45) is 2.77. The molecule has 1 aromatic rings. The summed E-state index contributed by atoms with van der Waals surface area (Å²) in [7, 11) is 1.92. The first-order valence-electron chi connectivity index (χ1n) is 12.6. The minimum Gasteiger partial charge on any atom is -0.344 e. The molecular formula is C26H36N4O5S2. The van der Waals surface area contributed by atoms with Crippen molar-refractivity contribution in [3.05, 3.63) is 35.9 Å². The smallest absolute Gasteiger partial charge is 0.290 e. The van der Waals surface area contributed by atoms with Gasteiger partial charge in [0.05, 0.1) is 22.7 Å². The largest absolute Gasteiger partial charge is 0.344 e. The van der Waals surface area contributed by atoms with Gasteiger partial charge < -0.3 is 16.0 Å². The summed E-state index contributed by atoms with van der Waals surface area (Å²) in [6.45, 7) is 3.57. The third-order valence-electron chi connectivity index (χ3n) is 6.54. The summed E-state index contributed by atoms with van der Waals surface area (Å²) in [5, 5.41) is 7.72. The number of ketones is 2. The molecule has 0 bridgehead atoms. The Balaban J connectivity index is 1.54. The van der Waals surface area contributed by atoms with Gasteiger partial charge in [0.15, 0.2) is 5.78 Å². The van der Waals surface area contributed by atoms with E-state index in [9.17, 15) is 24.0 Å². The first-order valence-corrected chi connectivity index (χ1v) is 14.6. The van der Waals surface area contributed by atoms with Gasteiger partial charge in [-0.25, -0.2) is 0 Å². The van der Waals surface area contributed by atoms with Gasteiger partial charge in [0.2, 0.25) is 17.6 Å². The van der Waals surface area contributed by atoms with Gasteiger partial charge in [-0.3, -0.25) is 28.9 Å². The molecule has 2 unspecified atom stereocenters. The molecule has 0 saturated carbocycles. The summed E-state index contributed by atoms with van der Waals surface area (Å²) >= 11 is 3.81. The Bertz CT molecular complexity index is 1000. The third-order valence-corrected chi connectivity index (χ3v) is 9.87. The van der Waals surface area contributed by atoms with Crippen molar-refractivity contribution < 1.29 is 24.0 Å². The van der Waals surface area contributed by atoms with Crippen LogP contribution < -0.4 is 16.0 Å². The van der Waals surface area contributed by atoms with Crippen LogP contribution in [0, 0.1) is 0 Å². The second-order valence-corrected chi connectivity index (χ2v) is 12.7. The number of thioether (sulfide) groups is 2. The second kappa shape index (κ2) is 13.4. The van der Waals surface area contributed by atoms with Gasteiger partial charge >= 0.3 is 0 Å². The average molecular weight is 549 g/mol. The van der Waals surface area contributed by atoms with Crippen LogP contribution in [0.3, 0.4) is 0 Å². The lowest BCUT2D eigenvalue weighted by Crippen LogP contribution is -2.52. The molecular weight excluding hydrogens is 512 g/mol. The minimum atomic E-state index is -0.966. The molecule has 3 rings (SSSR count). The number of rotatable bonds is 11. The summed E-state index contributed by atoms with van der Waals surface area (Å²) in [6, 6.07) is 6.60. The highest BCUT2D eigenvalue weighted by Gasteiger charge is 2.47. The highest BCUT2D eigenvalue weighted by atomic mass is 32.2. The van der Waals surface area contributed by atoms with Crippen molar-refractivity contribution in [2.24, 2.45) is 0 Å². The molecule has 2 aliphatic heterocycles. The zero-order chi connectivity index (χ0) is 27.0. The van der Waals surface area contributed by atoms with Gasteiger partial charge in [0.25, 0.3) is 5.91 Å².